The molecule has 0 aliphatic carbocycles. The molecule has 0 unspecified atom stereocenters. The average Bonchev–Trinajstić information content (AvgIpc) is 2.47. The maximum absolute atomic E-state index is 11.1. The minimum absolute atomic E-state index is 0.168. The van der Waals surface area contributed by atoms with Crippen LogP contribution in [0.1, 0.15) is 10.4 Å². The molecule has 2 aromatic carbocycles. The number of carbonyl (C=O) groups is 1. The number of nitrogens with one attached hydrogen (secondary N) is 1. The summed E-state index contributed by atoms with van der Waals surface area (Å²) in [5, 5.41) is 12.3. The zero-order valence-corrected chi connectivity index (χ0v) is 14.1. The molecule has 21 heavy (non-hydrogen) atoms. The van der Waals surface area contributed by atoms with Crippen LogP contribution in [0.4, 0.5) is 5.69 Å². The quantitative estimate of drug-likeness (QED) is 0.687. The van der Waals surface area contributed by atoms with Crippen molar-refractivity contribution in [3.63, 3.8) is 0 Å². The Morgan fingerprint density at radius 3 is 2.71 bits per heavy atom. The van der Waals surface area contributed by atoms with Gasteiger partial charge in [0, 0.05) is 21.2 Å². The van der Waals surface area contributed by atoms with E-state index >= 15 is 0 Å². The Labute approximate surface area is 139 Å². The molecule has 0 spiro atoms. The van der Waals surface area contributed by atoms with Gasteiger partial charge in [-0.2, -0.15) is 0 Å². The lowest BCUT2D eigenvalue weighted by Crippen LogP contribution is -2.13. The van der Waals surface area contributed by atoms with Gasteiger partial charge in [-0.15, -0.1) is 0 Å². The van der Waals surface area contributed by atoms with Gasteiger partial charge >= 0.3 is 5.97 Å². The second kappa shape index (κ2) is 7.47. The molecule has 2 N–H and O–H groups in total. The number of benzene rings is 2. The van der Waals surface area contributed by atoms with E-state index in [1.54, 1.807) is 18.2 Å². The van der Waals surface area contributed by atoms with E-state index in [-0.39, 0.29) is 5.56 Å². The van der Waals surface area contributed by atoms with Gasteiger partial charge in [0.2, 0.25) is 0 Å². The van der Waals surface area contributed by atoms with Crippen LogP contribution < -0.4 is 10.1 Å². The van der Waals surface area contributed by atoms with E-state index in [0.29, 0.717) is 18.9 Å². The van der Waals surface area contributed by atoms with Crippen molar-refractivity contribution in [1.82, 2.24) is 0 Å². The summed E-state index contributed by atoms with van der Waals surface area (Å²) in [4.78, 5) is 11.1. The summed E-state index contributed by atoms with van der Waals surface area (Å²) in [5.41, 5.74) is 1.11. The molecule has 110 valence electrons. The number of rotatable bonds is 6. The predicted octanol–water partition coefficient (Wildman–Crippen LogP) is 4.40. The summed E-state index contributed by atoms with van der Waals surface area (Å²) in [5.74, 6) is -0.617. The van der Waals surface area contributed by atoms with Gasteiger partial charge in [0.25, 0.3) is 0 Å². The highest BCUT2D eigenvalue weighted by Gasteiger charge is 2.09. The first-order valence-corrected chi connectivity index (χ1v) is 7.80. The number of ether oxygens (including phenoxy) is 1. The lowest BCUT2D eigenvalue weighted by Gasteiger charge is -2.11. The number of para-hydroxylation sites is 1. The minimum atomic E-state index is -0.992. The summed E-state index contributed by atoms with van der Waals surface area (Å²) in [6.07, 6.45) is 0. The van der Waals surface area contributed by atoms with E-state index < -0.39 is 5.97 Å². The number of hydrogen-bond donors (Lipinski definition) is 2. The van der Waals surface area contributed by atoms with Gasteiger partial charge in [-0.3, -0.25) is 0 Å². The van der Waals surface area contributed by atoms with Crippen LogP contribution in [0.15, 0.2) is 51.4 Å². The van der Waals surface area contributed by atoms with Crippen LogP contribution in [0.3, 0.4) is 0 Å². The van der Waals surface area contributed by atoms with E-state index in [4.69, 9.17) is 9.84 Å². The van der Waals surface area contributed by atoms with Crippen molar-refractivity contribution in [2.45, 2.75) is 0 Å². The molecule has 0 amide bonds. The van der Waals surface area contributed by atoms with Crippen molar-refractivity contribution < 1.29 is 14.6 Å². The summed E-state index contributed by atoms with van der Waals surface area (Å²) >= 11 is 6.87. The first-order chi connectivity index (χ1) is 10.1. The van der Waals surface area contributed by atoms with Crippen molar-refractivity contribution in [1.29, 1.82) is 0 Å². The van der Waals surface area contributed by atoms with Crippen LogP contribution in [0.25, 0.3) is 0 Å². The Balaban J connectivity index is 1.91. The standard InChI is InChI=1S/C15H13Br2NO3/c16-10-5-6-12(17)13(9-10)18-7-8-21-14-4-2-1-3-11(14)15(19)20/h1-6,9,18H,7-8H2,(H,19,20). The van der Waals surface area contributed by atoms with Crippen LogP contribution in [-0.2, 0) is 0 Å². The fraction of sp³-hybridized carbons (Fsp3) is 0.133. The largest absolute Gasteiger partial charge is 0.491 e. The monoisotopic (exact) mass is 413 g/mol. The lowest BCUT2D eigenvalue weighted by atomic mass is 10.2. The van der Waals surface area contributed by atoms with Gasteiger partial charge in [-0.25, -0.2) is 4.79 Å². The highest BCUT2D eigenvalue weighted by atomic mass is 79.9. The van der Waals surface area contributed by atoms with Crippen molar-refractivity contribution in [3.8, 4) is 5.75 Å². The molecule has 0 saturated heterocycles. The van der Waals surface area contributed by atoms with Gasteiger partial charge in [0.15, 0.2) is 0 Å². The van der Waals surface area contributed by atoms with Crippen molar-refractivity contribution in [3.05, 3.63) is 57.0 Å². The van der Waals surface area contributed by atoms with Gasteiger partial charge in [-0.05, 0) is 46.3 Å². The smallest absolute Gasteiger partial charge is 0.339 e. The van der Waals surface area contributed by atoms with E-state index in [2.05, 4.69) is 37.2 Å². The molecule has 6 heteroatoms. The molecule has 4 nitrogen and oxygen atoms in total. The molecule has 2 aromatic rings. The van der Waals surface area contributed by atoms with Crippen LogP contribution in [0, 0.1) is 0 Å². The van der Waals surface area contributed by atoms with Gasteiger partial charge in [0.05, 0.1) is 0 Å². The maximum Gasteiger partial charge on any atom is 0.339 e. The molecular formula is C15H13Br2NO3. The SMILES string of the molecule is O=C(O)c1ccccc1OCCNc1cc(Br)ccc1Br. The molecule has 0 aliphatic rings. The molecule has 0 atom stereocenters. The third-order valence-corrected chi connectivity index (χ3v) is 3.91. The fourth-order valence-corrected chi connectivity index (χ4v) is 2.50. The van der Waals surface area contributed by atoms with E-state index in [1.165, 1.54) is 6.07 Å². The number of carboxylic acids is 1. The second-order valence-corrected chi connectivity index (χ2v) is 5.97. The van der Waals surface area contributed by atoms with Gasteiger partial charge in [0.1, 0.15) is 17.9 Å². The summed E-state index contributed by atoms with van der Waals surface area (Å²) < 4.78 is 7.45. The Bertz CT molecular complexity index is 647. The minimum Gasteiger partial charge on any atom is -0.491 e. The molecule has 0 aliphatic heterocycles. The van der Waals surface area contributed by atoms with Crippen LogP contribution in [0.2, 0.25) is 0 Å². The van der Waals surface area contributed by atoms with E-state index in [0.717, 1.165) is 14.6 Å². The van der Waals surface area contributed by atoms with Crippen molar-refractivity contribution in [2.24, 2.45) is 0 Å². The van der Waals surface area contributed by atoms with Crippen LogP contribution in [-0.4, -0.2) is 24.2 Å². The zero-order valence-electron chi connectivity index (χ0n) is 11.0. The molecule has 0 bridgehead atoms. The first-order valence-electron chi connectivity index (χ1n) is 6.22. The number of carboxylic acid groups (broad SMARTS) is 1. The number of anilines is 1. The predicted molar refractivity (Wildman–Crippen MR) is 89.2 cm³/mol. The Kier molecular flexibility index (Phi) is 5.64. The van der Waals surface area contributed by atoms with E-state index in [9.17, 15) is 4.79 Å². The Morgan fingerprint density at radius 2 is 1.95 bits per heavy atom. The summed E-state index contributed by atoms with van der Waals surface area (Å²) in [7, 11) is 0. The number of hydrogen-bond acceptors (Lipinski definition) is 3. The maximum atomic E-state index is 11.1. The Hall–Kier alpha value is -1.53. The highest BCUT2D eigenvalue weighted by Crippen LogP contribution is 2.26. The number of halogens is 2. The van der Waals surface area contributed by atoms with Crippen molar-refractivity contribution >= 4 is 43.5 Å². The molecule has 0 fully saturated rings. The Morgan fingerprint density at radius 1 is 1.19 bits per heavy atom. The molecule has 0 heterocycles. The highest BCUT2D eigenvalue weighted by molar-refractivity contribution is 9.11. The molecule has 0 aromatic heterocycles. The van der Waals surface area contributed by atoms with Crippen LogP contribution >= 0.6 is 31.9 Å². The molecule has 0 radical (unpaired) electrons. The van der Waals surface area contributed by atoms with Crippen molar-refractivity contribution in [2.75, 3.05) is 18.5 Å². The fourth-order valence-electron chi connectivity index (χ4n) is 1.75. The average molecular weight is 415 g/mol. The first kappa shape index (κ1) is 15.9. The number of aromatic carboxylic acids is 1. The zero-order chi connectivity index (χ0) is 15.2. The normalized spacial score (nSPS) is 10.2. The lowest BCUT2D eigenvalue weighted by molar-refractivity contribution is 0.0692. The third kappa shape index (κ3) is 4.47. The summed E-state index contributed by atoms with van der Waals surface area (Å²) in [6.45, 7) is 0.923. The summed E-state index contributed by atoms with van der Waals surface area (Å²) in [6, 6.07) is 12.4. The topological polar surface area (TPSA) is 58.6 Å². The molecule has 2 rings (SSSR count). The van der Waals surface area contributed by atoms with E-state index in [1.807, 2.05) is 18.2 Å². The molecular weight excluding hydrogens is 402 g/mol. The third-order valence-electron chi connectivity index (χ3n) is 2.72. The van der Waals surface area contributed by atoms with Gasteiger partial charge < -0.3 is 15.2 Å². The van der Waals surface area contributed by atoms with Gasteiger partial charge in [-0.1, -0.05) is 28.1 Å². The van der Waals surface area contributed by atoms with Crippen LogP contribution in [0.5, 0.6) is 5.75 Å². The molecule has 0 saturated carbocycles. The second-order valence-electron chi connectivity index (χ2n) is 4.20.